The molecular formula is C18H15ClN2O3S. The van der Waals surface area contributed by atoms with Crippen LogP contribution in [-0.4, -0.2) is 10.8 Å². The van der Waals surface area contributed by atoms with Crippen molar-refractivity contribution in [3.8, 4) is 0 Å². The van der Waals surface area contributed by atoms with E-state index in [0.717, 1.165) is 34.6 Å². The molecule has 128 valence electrons. The van der Waals surface area contributed by atoms with Crippen molar-refractivity contribution in [1.29, 1.82) is 0 Å². The molecule has 0 fully saturated rings. The van der Waals surface area contributed by atoms with Crippen molar-refractivity contribution in [3.63, 3.8) is 0 Å². The molecule has 0 saturated carbocycles. The predicted octanol–water partition coefficient (Wildman–Crippen LogP) is 5.59. The van der Waals surface area contributed by atoms with E-state index in [0.29, 0.717) is 10.1 Å². The summed E-state index contributed by atoms with van der Waals surface area (Å²) in [5.41, 5.74) is 2.69. The van der Waals surface area contributed by atoms with Crippen LogP contribution >= 0.6 is 22.9 Å². The first-order chi connectivity index (χ1) is 11.9. The molecule has 3 aromatic rings. The number of benzene rings is 2. The van der Waals surface area contributed by atoms with Gasteiger partial charge in [-0.1, -0.05) is 48.9 Å². The minimum atomic E-state index is -0.465. The van der Waals surface area contributed by atoms with Crippen LogP contribution < -0.4 is 5.32 Å². The lowest BCUT2D eigenvalue weighted by atomic mass is 10.1. The van der Waals surface area contributed by atoms with Gasteiger partial charge in [-0.25, -0.2) is 0 Å². The lowest BCUT2D eigenvalue weighted by Gasteiger charge is -2.12. The Morgan fingerprint density at radius 2 is 2.00 bits per heavy atom. The monoisotopic (exact) mass is 374 g/mol. The zero-order valence-electron chi connectivity index (χ0n) is 13.6. The molecule has 0 aliphatic heterocycles. The second kappa shape index (κ2) is 6.82. The van der Waals surface area contributed by atoms with Crippen LogP contribution in [-0.2, 0) is 6.42 Å². The quantitative estimate of drug-likeness (QED) is 0.478. The number of hydrogen-bond acceptors (Lipinski definition) is 4. The Morgan fingerprint density at radius 1 is 1.28 bits per heavy atom. The number of aryl methyl sites for hydroxylation is 2. The number of nitrogens with one attached hydrogen (secondary N) is 1. The standard InChI is InChI=1S/C18H15ClN2O3S/c1-3-11-7-4-6-10(2)15(11)20-18(22)17-14(19)12-8-5-9-13(21(23)24)16(12)25-17/h4-9H,3H2,1-2H3,(H,20,22). The molecule has 3 rings (SSSR count). The van der Waals surface area contributed by atoms with E-state index in [4.69, 9.17) is 11.6 Å². The SMILES string of the molecule is CCc1cccc(C)c1NC(=O)c1sc2c([N+](=O)[O-])cccc2c1Cl. The number of anilines is 1. The highest BCUT2D eigenvalue weighted by Crippen LogP contribution is 2.40. The molecule has 0 saturated heterocycles. The smallest absolute Gasteiger partial charge is 0.287 e. The number of nitro benzene ring substituents is 1. The van der Waals surface area contributed by atoms with E-state index in [2.05, 4.69) is 5.32 Å². The summed E-state index contributed by atoms with van der Waals surface area (Å²) in [4.78, 5) is 23.8. The molecular weight excluding hydrogens is 360 g/mol. The molecule has 0 aliphatic carbocycles. The Bertz CT molecular complexity index is 997. The fourth-order valence-electron chi connectivity index (χ4n) is 2.74. The molecule has 2 aromatic carbocycles. The number of amides is 1. The van der Waals surface area contributed by atoms with E-state index in [9.17, 15) is 14.9 Å². The van der Waals surface area contributed by atoms with Crippen molar-refractivity contribution >= 4 is 50.3 Å². The van der Waals surface area contributed by atoms with E-state index in [1.54, 1.807) is 12.1 Å². The van der Waals surface area contributed by atoms with Gasteiger partial charge in [-0.05, 0) is 24.5 Å². The largest absolute Gasteiger partial charge is 0.321 e. The summed E-state index contributed by atoms with van der Waals surface area (Å²) < 4.78 is 0.406. The van der Waals surface area contributed by atoms with Crippen LogP contribution in [0, 0.1) is 17.0 Å². The Balaban J connectivity index is 2.06. The summed E-state index contributed by atoms with van der Waals surface area (Å²) in [7, 11) is 0. The average Bonchev–Trinajstić information content (AvgIpc) is 2.93. The maximum atomic E-state index is 12.8. The number of non-ortho nitro benzene ring substituents is 1. The normalized spacial score (nSPS) is 10.8. The highest BCUT2D eigenvalue weighted by molar-refractivity contribution is 7.22. The molecule has 0 aliphatic rings. The molecule has 0 atom stereocenters. The van der Waals surface area contributed by atoms with E-state index >= 15 is 0 Å². The van der Waals surface area contributed by atoms with Crippen molar-refractivity contribution in [1.82, 2.24) is 0 Å². The average molecular weight is 375 g/mol. The minimum Gasteiger partial charge on any atom is -0.321 e. The zero-order chi connectivity index (χ0) is 18.1. The van der Waals surface area contributed by atoms with Gasteiger partial charge in [-0.15, -0.1) is 11.3 Å². The van der Waals surface area contributed by atoms with Crippen molar-refractivity contribution in [2.75, 3.05) is 5.32 Å². The number of rotatable bonds is 4. The van der Waals surface area contributed by atoms with Gasteiger partial charge in [-0.3, -0.25) is 14.9 Å². The van der Waals surface area contributed by atoms with Gasteiger partial charge < -0.3 is 5.32 Å². The third kappa shape index (κ3) is 3.10. The second-order valence-electron chi connectivity index (χ2n) is 5.57. The number of thiophene rings is 1. The van der Waals surface area contributed by atoms with Gasteiger partial charge in [0, 0.05) is 17.1 Å². The lowest BCUT2D eigenvalue weighted by molar-refractivity contribution is -0.382. The van der Waals surface area contributed by atoms with E-state index < -0.39 is 4.92 Å². The van der Waals surface area contributed by atoms with Gasteiger partial charge in [0.2, 0.25) is 0 Å². The fourth-order valence-corrected chi connectivity index (χ4v) is 4.23. The number of halogens is 1. The Morgan fingerprint density at radius 3 is 2.68 bits per heavy atom. The summed E-state index contributed by atoms with van der Waals surface area (Å²) >= 11 is 7.38. The number of para-hydroxylation sites is 1. The van der Waals surface area contributed by atoms with Crippen LogP contribution in [0.3, 0.4) is 0 Å². The fraction of sp³-hybridized carbons (Fsp3) is 0.167. The molecule has 0 spiro atoms. The van der Waals surface area contributed by atoms with Crippen LogP contribution in [0.25, 0.3) is 10.1 Å². The predicted molar refractivity (Wildman–Crippen MR) is 102 cm³/mol. The molecule has 0 bridgehead atoms. The van der Waals surface area contributed by atoms with Gasteiger partial charge in [0.05, 0.1) is 9.95 Å². The summed E-state index contributed by atoms with van der Waals surface area (Å²) in [6.07, 6.45) is 0.781. The Kier molecular flexibility index (Phi) is 4.74. The third-order valence-electron chi connectivity index (χ3n) is 4.02. The van der Waals surface area contributed by atoms with Crippen LogP contribution in [0.4, 0.5) is 11.4 Å². The van der Waals surface area contributed by atoms with Gasteiger partial charge in [0.25, 0.3) is 11.6 Å². The molecule has 7 heteroatoms. The van der Waals surface area contributed by atoms with E-state index in [1.807, 2.05) is 32.0 Å². The summed E-state index contributed by atoms with van der Waals surface area (Å²) in [5.74, 6) is -0.357. The van der Waals surface area contributed by atoms with Crippen LogP contribution in [0.15, 0.2) is 36.4 Å². The first-order valence-electron chi connectivity index (χ1n) is 7.69. The zero-order valence-corrected chi connectivity index (χ0v) is 15.2. The van der Waals surface area contributed by atoms with Crippen molar-refractivity contribution < 1.29 is 9.72 Å². The molecule has 1 aromatic heterocycles. The number of carbonyl (C=O) groups excluding carboxylic acids is 1. The first kappa shape index (κ1) is 17.4. The summed E-state index contributed by atoms with van der Waals surface area (Å²) in [6, 6.07) is 10.5. The molecule has 25 heavy (non-hydrogen) atoms. The van der Waals surface area contributed by atoms with Crippen LogP contribution in [0.5, 0.6) is 0 Å². The van der Waals surface area contributed by atoms with Crippen LogP contribution in [0.2, 0.25) is 5.02 Å². The van der Waals surface area contributed by atoms with E-state index in [-0.39, 0.29) is 21.5 Å². The maximum absolute atomic E-state index is 12.8. The Labute approximate surface area is 153 Å². The van der Waals surface area contributed by atoms with Crippen LogP contribution in [0.1, 0.15) is 27.7 Å². The number of carbonyl (C=O) groups is 1. The number of nitro groups is 1. The minimum absolute atomic E-state index is 0.0476. The molecule has 1 amide bonds. The molecule has 0 radical (unpaired) electrons. The highest BCUT2D eigenvalue weighted by Gasteiger charge is 2.23. The van der Waals surface area contributed by atoms with Crippen molar-refractivity contribution in [3.05, 3.63) is 67.5 Å². The van der Waals surface area contributed by atoms with Gasteiger partial charge in [0.15, 0.2) is 0 Å². The van der Waals surface area contributed by atoms with Gasteiger partial charge in [0.1, 0.15) is 9.58 Å². The lowest BCUT2D eigenvalue weighted by Crippen LogP contribution is -2.13. The highest BCUT2D eigenvalue weighted by atomic mass is 35.5. The molecule has 1 heterocycles. The third-order valence-corrected chi connectivity index (χ3v) is 5.75. The van der Waals surface area contributed by atoms with E-state index in [1.165, 1.54) is 6.07 Å². The number of nitrogens with zero attached hydrogens (tertiary/aromatic N) is 1. The molecule has 5 nitrogen and oxygen atoms in total. The second-order valence-corrected chi connectivity index (χ2v) is 6.97. The summed E-state index contributed by atoms with van der Waals surface area (Å²) in [6.45, 7) is 3.94. The number of fused-ring (bicyclic) bond motifs is 1. The topological polar surface area (TPSA) is 72.2 Å². The Hall–Kier alpha value is -2.44. The molecule has 1 N–H and O–H groups in total. The maximum Gasteiger partial charge on any atom is 0.287 e. The summed E-state index contributed by atoms with van der Waals surface area (Å²) in [5, 5.41) is 14.9. The van der Waals surface area contributed by atoms with Crippen molar-refractivity contribution in [2.45, 2.75) is 20.3 Å². The molecule has 0 unspecified atom stereocenters. The van der Waals surface area contributed by atoms with Crippen molar-refractivity contribution in [2.24, 2.45) is 0 Å². The number of hydrogen-bond donors (Lipinski definition) is 1. The first-order valence-corrected chi connectivity index (χ1v) is 8.88. The van der Waals surface area contributed by atoms with Gasteiger partial charge >= 0.3 is 0 Å². The van der Waals surface area contributed by atoms with Gasteiger partial charge in [-0.2, -0.15) is 0 Å².